The summed E-state index contributed by atoms with van der Waals surface area (Å²) in [6, 6.07) is 5.04. The molecular formula is C15H19NO2. The molecule has 0 radical (unpaired) electrons. The van der Waals surface area contributed by atoms with Gasteiger partial charge in [0.1, 0.15) is 0 Å². The molecule has 3 aliphatic rings. The van der Waals surface area contributed by atoms with Crippen molar-refractivity contribution in [3.05, 3.63) is 23.3 Å². The lowest BCUT2D eigenvalue weighted by molar-refractivity contribution is 0.111. The maximum atomic E-state index is 5.67. The van der Waals surface area contributed by atoms with Crippen LogP contribution < -0.4 is 9.47 Å². The van der Waals surface area contributed by atoms with Gasteiger partial charge in [0, 0.05) is 11.6 Å². The summed E-state index contributed by atoms with van der Waals surface area (Å²) < 4.78 is 11.2. The second kappa shape index (κ2) is 3.89. The zero-order valence-electron chi connectivity index (χ0n) is 10.8. The highest BCUT2D eigenvalue weighted by Crippen LogP contribution is 2.44. The van der Waals surface area contributed by atoms with E-state index in [2.05, 4.69) is 24.1 Å². The van der Waals surface area contributed by atoms with E-state index in [-0.39, 0.29) is 0 Å². The van der Waals surface area contributed by atoms with Gasteiger partial charge in [0.2, 0.25) is 6.79 Å². The minimum atomic E-state index is 0.389. The minimum absolute atomic E-state index is 0.389. The number of likely N-dealkylation sites (tertiary alicyclic amines) is 1. The Bertz CT molecular complexity index is 486. The number of hydrogen-bond acceptors (Lipinski definition) is 3. The van der Waals surface area contributed by atoms with Crippen LogP contribution in [0.4, 0.5) is 0 Å². The van der Waals surface area contributed by atoms with E-state index >= 15 is 0 Å². The normalized spacial score (nSPS) is 29.8. The van der Waals surface area contributed by atoms with Gasteiger partial charge < -0.3 is 14.4 Å². The van der Waals surface area contributed by atoms with Crippen LogP contribution in [-0.4, -0.2) is 31.3 Å². The van der Waals surface area contributed by atoms with Gasteiger partial charge in [-0.05, 0) is 56.8 Å². The van der Waals surface area contributed by atoms with Crippen LogP contribution in [0, 0.1) is 5.92 Å². The zero-order chi connectivity index (χ0) is 12.1. The molecule has 1 aromatic carbocycles. The number of rotatable bonds is 0. The highest BCUT2D eigenvalue weighted by atomic mass is 16.7. The van der Waals surface area contributed by atoms with Gasteiger partial charge in [0.05, 0.1) is 0 Å². The Morgan fingerprint density at radius 2 is 2.17 bits per heavy atom. The SMILES string of the molecule is CN1CCC[C@@H]2Cc3c(ccc4c3OCO4)C[C@H]21. The van der Waals surface area contributed by atoms with Gasteiger partial charge in [-0.1, -0.05) is 6.07 Å². The summed E-state index contributed by atoms with van der Waals surface area (Å²) in [6.45, 7) is 1.64. The molecule has 1 saturated heterocycles. The molecule has 1 fully saturated rings. The van der Waals surface area contributed by atoms with Gasteiger partial charge in [-0.2, -0.15) is 0 Å². The van der Waals surface area contributed by atoms with Gasteiger partial charge in [-0.15, -0.1) is 0 Å². The molecule has 0 bridgehead atoms. The molecule has 4 rings (SSSR count). The van der Waals surface area contributed by atoms with Crippen molar-refractivity contribution in [2.24, 2.45) is 5.92 Å². The van der Waals surface area contributed by atoms with Crippen LogP contribution >= 0.6 is 0 Å². The molecule has 18 heavy (non-hydrogen) atoms. The van der Waals surface area contributed by atoms with Crippen LogP contribution in [-0.2, 0) is 12.8 Å². The Kier molecular flexibility index (Phi) is 2.31. The van der Waals surface area contributed by atoms with Crippen molar-refractivity contribution in [2.45, 2.75) is 31.7 Å². The number of hydrogen-bond donors (Lipinski definition) is 0. The van der Waals surface area contributed by atoms with Gasteiger partial charge in [-0.3, -0.25) is 0 Å². The molecule has 3 heteroatoms. The van der Waals surface area contributed by atoms with Gasteiger partial charge in [0.25, 0.3) is 0 Å². The lowest BCUT2D eigenvalue weighted by atomic mass is 9.75. The average Bonchev–Trinajstić information content (AvgIpc) is 2.86. The van der Waals surface area contributed by atoms with Crippen molar-refractivity contribution in [3.8, 4) is 11.5 Å². The van der Waals surface area contributed by atoms with Crippen LogP contribution in [0.25, 0.3) is 0 Å². The molecule has 0 saturated carbocycles. The maximum absolute atomic E-state index is 5.67. The number of fused-ring (bicyclic) bond motifs is 4. The third-order valence-electron chi connectivity index (χ3n) is 4.83. The van der Waals surface area contributed by atoms with Gasteiger partial charge in [-0.25, -0.2) is 0 Å². The minimum Gasteiger partial charge on any atom is -0.454 e. The Labute approximate surface area is 108 Å². The molecule has 0 aromatic heterocycles. The monoisotopic (exact) mass is 245 g/mol. The van der Waals surface area contributed by atoms with E-state index < -0.39 is 0 Å². The zero-order valence-corrected chi connectivity index (χ0v) is 10.8. The average molecular weight is 245 g/mol. The van der Waals surface area contributed by atoms with Crippen LogP contribution in [0.1, 0.15) is 24.0 Å². The number of likely N-dealkylation sites (N-methyl/N-ethyl adjacent to an activating group) is 1. The second-order valence-corrected chi connectivity index (χ2v) is 5.80. The molecule has 1 aliphatic carbocycles. The lowest BCUT2D eigenvalue weighted by Crippen LogP contribution is -2.47. The predicted octanol–water partition coefficient (Wildman–Crippen LogP) is 2.22. The highest BCUT2D eigenvalue weighted by molar-refractivity contribution is 5.53. The fourth-order valence-electron chi connectivity index (χ4n) is 3.85. The Morgan fingerprint density at radius 3 is 3.11 bits per heavy atom. The van der Waals surface area contributed by atoms with E-state index in [4.69, 9.17) is 9.47 Å². The number of benzene rings is 1. The smallest absolute Gasteiger partial charge is 0.231 e. The molecule has 3 nitrogen and oxygen atoms in total. The summed E-state index contributed by atoms with van der Waals surface area (Å²) in [5.74, 6) is 2.77. The van der Waals surface area contributed by atoms with Crippen molar-refractivity contribution in [2.75, 3.05) is 20.4 Å². The molecule has 1 aromatic rings. The summed E-state index contributed by atoms with van der Waals surface area (Å²) in [5.41, 5.74) is 2.89. The first-order valence-corrected chi connectivity index (χ1v) is 6.93. The standard InChI is InChI=1S/C15H19NO2/c1-16-6-2-3-11-7-12-10(8-13(11)16)4-5-14-15(12)18-9-17-14/h4-5,11,13H,2-3,6-9H2,1H3/t11-,13-/m1/s1. The molecule has 0 spiro atoms. The maximum Gasteiger partial charge on any atom is 0.231 e. The summed E-state index contributed by atoms with van der Waals surface area (Å²) in [4.78, 5) is 2.54. The molecule has 2 atom stereocenters. The van der Waals surface area contributed by atoms with Crippen LogP contribution in [0.5, 0.6) is 11.5 Å². The molecule has 0 unspecified atom stereocenters. The molecule has 0 N–H and O–H groups in total. The molecule has 2 aliphatic heterocycles. The molecule has 2 heterocycles. The Balaban J connectivity index is 1.75. The fraction of sp³-hybridized carbons (Fsp3) is 0.600. The number of piperidine rings is 1. The molecule has 0 amide bonds. The fourth-order valence-corrected chi connectivity index (χ4v) is 3.85. The lowest BCUT2D eigenvalue weighted by Gasteiger charge is -2.43. The summed E-state index contributed by atoms with van der Waals surface area (Å²) in [7, 11) is 2.27. The Hall–Kier alpha value is -1.22. The third kappa shape index (κ3) is 1.46. The first kappa shape index (κ1) is 10.7. The largest absolute Gasteiger partial charge is 0.454 e. The molecular weight excluding hydrogens is 226 g/mol. The van der Waals surface area contributed by atoms with E-state index in [0.717, 1.165) is 29.9 Å². The Morgan fingerprint density at radius 1 is 1.22 bits per heavy atom. The van der Waals surface area contributed by atoms with Crippen molar-refractivity contribution in [1.82, 2.24) is 4.90 Å². The molecule has 96 valence electrons. The van der Waals surface area contributed by atoms with E-state index in [0.29, 0.717) is 6.79 Å². The topological polar surface area (TPSA) is 21.7 Å². The summed E-state index contributed by atoms with van der Waals surface area (Å²) in [6.07, 6.45) is 5.03. The summed E-state index contributed by atoms with van der Waals surface area (Å²) in [5, 5.41) is 0. The second-order valence-electron chi connectivity index (χ2n) is 5.80. The van der Waals surface area contributed by atoms with Crippen LogP contribution in [0.2, 0.25) is 0 Å². The first-order valence-electron chi connectivity index (χ1n) is 6.93. The third-order valence-corrected chi connectivity index (χ3v) is 4.83. The highest BCUT2D eigenvalue weighted by Gasteiger charge is 2.36. The summed E-state index contributed by atoms with van der Waals surface area (Å²) >= 11 is 0. The first-order chi connectivity index (χ1) is 8.83. The number of ether oxygens (including phenoxy) is 2. The van der Waals surface area contributed by atoms with Gasteiger partial charge >= 0.3 is 0 Å². The van der Waals surface area contributed by atoms with Crippen molar-refractivity contribution >= 4 is 0 Å². The van der Waals surface area contributed by atoms with E-state index in [9.17, 15) is 0 Å². The quantitative estimate of drug-likeness (QED) is 0.699. The van der Waals surface area contributed by atoms with Crippen LogP contribution in [0.15, 0.2) is 12.1 Å². The van der Waals surface area contributed by atoms with Crippen molar-refractivity contribution in [3.63, 3.8) is 0 Å². The van der Waals surface area contributed by atoms with E-state index in [1.807, 2.05) is 0 Å². The number of nitrogens with zero attached hydrogens (tertiary/aromatic N) is 1. The van der Waals surface area contributed by atoms with Gasteiger partial charge in [0.15, 0.2) is 11.5 Å². The van der Waals surface area contributed by atoms with E-state index in [1.54, 1.807) is 0 Å². The van der Waals surface area contributed by atoms with Crippen molar-refractivity contribution < 1.29 is 9.47 Å². The predicted molar refractivity (Wildman–Crippen MR) is 69.1 cm³/mol. The van der Waals surface area contributed by atoms with Crippen LogP contribution in [0.3, 0.4) is 0 Å². The van der Waals surface area contributed by atoms with Crippen molar-refractivity contribution in [1.29, 1.82) is 0 Å². The van der Waals surface area contributed by atoms with E-state index in [1.165, 1.54) is 36.9 Å².